The Balaban J connectivity index is 1.71. The third-order valence-electron chi connectivity index (χ3n) is 5.46. The Bertz CT molecular complexity index is 493. The number of hydrogen-bond donors (Lipinski definition) is 0. The van der Waals surface area contributed by atoms with Crippen LogP contribution in [0.5, 0.6) is 0 Å². The molecule has 1 aliphatic heterocycles. The van der Waals surface area contributed by atoms with Crippen molar-refractivity contribution in [2.45, 2.75) is 39.5 Å². The molecule has 0 N–H and O–H groups in total. The topological polar surface area (TPSA) is 29.5 Å². The molecule has 0 radical (unpaired) electrons. The van der Waals surface area contributed by atoms with Crippen LogP contribution in [0.1, 0.15) is 37.8 Å². The molecule has 2 aliphatic rings. The van der Waals surface area contributed by atoms with E-state index in [4.69, 9.17) is 4.74 Å². The molecule has 22 heavy (non-hydrogen) atoms. The molecule has 2 atom stereocenters. The molecule has 3 heteroatoms. The number of amides is 1. The van der Waals surface area contributed by atoms with E-state index in [0.717, 1.165) is 38.8 Å². The Kier molecular flexibility index (Phi) is 4.70. The molecule has 0 spiro atoms. The van der Waals surface area contributed by atoms with Crippen LogP contribution in [0.25, 0.3) is 0 Å². The van der Waals surface area contributed by atoms with E-state index in [-0.39, 0.29) is 6.09 Å². The summed E-state index contributed by atoms with van der Waals surface area (Å²) in [5.41, 5.74) is 2.95. The summed E-state index contributed by atoms with van der Waals surface area (Å²) in [5, 5.41) is 0. The van der Waals surface area contributed by atoms with Crippen LogP contribution in [0.15, 0.2) is 24.3 Å². The second kappa shape index (κ2) is 6.72. The maximum Gasteiger partial charge on any atom is 0.409 e. The van der Waals surface area contributed by atoms with Crippen LogP contribution in [0.4, 0.5) is 4.79 Å². The largest absolute Gasteiger partial charge is 0.449 e. The first kappa shape index (κ1) is 15.4. The van der Waals surface area contributed by atoms with E-state index in [1.165, 1.54) is 11.1 Å². The first-order valence-electron chi connectivity index (χ1n) is 8.67. The lowest BCUT2D eigenvalue weighted by Gasteiger charge is -2.40. The first-order chi connectivity index (χ1) is 10.7. The van der Waals surface area contributed by atoms with Crippen LogP contribution in [-0.2, 0) is 17.6 Å². The Morgan fingerprint density at radius 1 is 1.18 bits per heavy atom. The first-order valence-corrected chi connectivity index (χ1v) is 8.67. The van der Waals surface area contributed by atoms with E-state index in [1.54, 1.807) is 0 Å². The fourth-order valence-electron chi connectivity index (χ4n) is 3.92. The van der Waals surface area contributed by atoms with Crippen LogP contribution < -0.4 is 0 Å². The van der Waals surface area contributed by atoms with Gasteiger partial charge in [-0.3, -0.25) is 0 Å². The van der Waals surface area contributed by atoms with Crippen molar-refractivity contribution in [2.75, 3.05) is 19.7 Å². The molecule has 3 nitrogen and oxygen atoms in total. The molecule has 1 aromatic carbocycles. The lowest BCUT2D eigenvalue weighted by Crippen LogP contribution is -2.48. The summed E-state index contributed by atoms with van der Waals surface area (Å²) in [6.07, 6.45) is 4.08. The van der Waals surface area contributed by atoms with Gasteiger partial charge in [-0.25, -0.2) is 4.79 Å². The second-order valence-corrected chi connectivity index (χ2v) is 6.93. The Labute approximate surface area is 133 Å². The quantitative estimate of drug-likeness (QED) is 0.792. The van der Waals surface area contributed by atoms with Gasteiger partial charge in [-0.05, 0) is 48.1 Å². The zero-order chi connectivity index (χ0) is 15.5. The summed E-state index contributed by atoms with van der Waals surface area (Å²) in [6, 6.07) is 8.78. The highest BCUT2D eigenvalue weighted by Gasteiger charge is 2.38. The van der Waals surface area contributed by atoms with E-state index >= 15 is 0 Å². The third kappa shape index (κ3) is 3.13. The molecular weight excluding hydrogens is 274 g/mol. The summed E-state index contributed by atoms with van der Waals surface area (Å²) in [4.78, 5) is 14.3. The number of carbonyl (C=O) groups excluding carboxylic acids is 1. The van der Waals surface area contributed by atoms with Gasteiger partial charge in [0.25, 0.3) is 0 Å². The van der Waals surface area contributed by atoms with E-state index in [1.807, 2.05) is 4.90 Å². The van der Waals surface area contributed by atoms with Gasteiger partial charge in [0, 0.05) is 13.1 Å². The minimum atomic E-state index is -0.110. The number of ether oxygens (including phenoxy) is 1. The SMILES string of the molecule is CCCCOC(=O)N1CC2Cc3ccccc3CC(C1)C2C. The predicted octanol–water partition coefficient (Wildman–Crippen LogP) is 3.91. The van der Waals surface area contributed by atoms with Crippen LogP contribution in [0.2, 0.25) is 0 Å². The molecule has 1 aliphatic carbocycles. The minimum Gasteiger partial charge on any atom is -0.449 e. The number of hydrogen-bond acceptors (Lipinski definition) is 2. The molecule has 0 saturated carbocycles. The van der Waals surface area contributed by atoms with Crippen molar-refractivity contribution in [3.63, 3.8) is 0 Å². The Morgan fingerprint density at radius 2 is 1.77 bits per heavy atom. The number of likely N-dealkylation sites (tertiary alicyclic amines) is 1. The number of unbranched alkanes of at least 4 members (excludes halogenated alkanes) is 1. The molecule has 3 rings (SSSR count). The van der Waals surface area contributed by atoms with Crippen molar-refractivity contribution in [3.8, 4) is 0 Å². The molecule has 1 heterocycles. The van der Waals surface area contributed by atoms with Gasteiger partial charge < -0.3 is 9.64 Å². The lowest BCUT2D eigenvalue weighted by atomic mass is 9.77. The van der Waals surface area contributed by atoms with E-state index in [0.29, 0.717) is 24.4 Å². The summed E-state index contributed by atoms with van der Waals surface area (Å²) >= 11 is 0. The zero-order valence-electron chi connectivity index (χ0n) is 13.8. The van der Waals surface area contributed by atoms with Gasteiger partial charge in [0.05, 0.1) is 6.61 Å². The number of rotatable bonds is 3. The van der Waals surface area contributed by atoms with Crippen molar-refractivity contribution < 1.29 is 9.53 Å². The fraction of sp³-hybridized carbons (Fsp3) is 0.632. The minimum absolute atomic E-state index is 0.110. The highest BCUT2D eigenvalue weighted by Crippen LogP contribution is 2.37. The van der Waals surface area contributed by atoms with Gasteiger partial charge >= 0.3 is 6.09 Å². The van der Waals surface area contributed by atoms with Crippen molar-refractivity contribution >= 4 is 6.09 Å². The monoisotopic (exact) mass is 301 g/mol. The lowest BCUT2D eigenvalue weighted by molar-refractivity contribution is 0.0475. The van der Waals surface area contributed by atoms with Gasteiger partial charge in [0.15, 0.2) is 0 Å². The Morgan fingerprint density at radius 3 is 2.32 bits per heavy atom. The van der Waals surface area contributed by atoms with E-state index in [2.05, 4.69) is 38.1 Å². The zero-order valence-corrected chi connectivity index (χ0v) is 13.8. The average Bonchev–Trinajstić information content (AvgIpc) is 2.59. The molecule has 1 fully saturated rings. The summed E-state index contributed by atoms with van der Waals surface area (Å²) in [7, 11) is 0. The standard InChI is InChI=1S/C19H27NO2/c1-3-4-9-22-19(21)20-12-17-10-15-7-5-6-8-16(15)11-18(13-20)14(17)2/h5-8,14,17-18H,3-4,9-13H2,1-2H3. The van der Waals surface area contributed by atoms with Gasteiger partial charge in [-0.2, -0.15) is 0 Å². The van der Waals surface area contributed by atoms with Crippen LogP contribution in [0.3, 0.4) is 0 Å². The van der Waals surface area contributed by atoms with E-state index < -0.39 is 0 Å². The molecule has 1 amide bonds. The smallest absolute Gasteiger partial charge is 0.409 e. The second-order valence-electron chi connectivity index (χ2n) is 6.93. The maximum absolute atomic E-state index is 12.3. The number of piperidine rings is 1. The average molecular weight is 301 g/mol. The summed E-state index contributed by atoms with van der Waals surface area (Å²) in [5.74, 6) is 1.79. The predicted molar refractivity (Wildman–Crippen MR) is 87.8 cm³/mol. The number of benzene rings is 1. The van der Waals surface area contributed by atoms with E-state index in [9.17, 15) is 4.79 Å². The van der Waals surface area contributed by atoms with Gasteiger partial charge in [-0.15, -0.1) is 0 Å². The van der Waals surface area contributed by atoms with Crippen molar-refractivity contribution in [3.05, 3.63) is 35.4 Å². The Hall–Kier alpha value is -1.51. The van der Waals surface area contributed by atoms with Gasteiger partial charge in [0.2, 0.25) is 0 Å². The number of carbonyl (C=O) groups is 1. The highest BCUT2D eigenvalue weighted by atomic mass is 16.6. The summed E-state index contributed by atoms with van der Waals surface area (Å²) in [6.45, 7) is 6.72. The van der Waals surface area contributed by atoms with Crippen molar-refractivity contribution in [1.82, 2.24) is 4.90 Å². The highest BCUT2D eigenvalue weighted by molar-refractivity contribution is 5.67. The molecule has 1 aromatic rings. The molecule has 0 aromatic heterocycles. The molecule has 2 bridgehead atoms. The molecular formula is C19H27NO2. The van der Waals surface area contributed by atoms with Gasteiger partial charge in [0.1, 0.15) is 0 Å². The molecule has 2 unspecified atom stereocenters. The van der Waals surface area contributed by atoms with Crippen LogP contribution >= 0.6 is 0 Å². The summed E-state index contributed by atoms with van der Waals surface area (Å²) < 4.78 is 5.43. The third-order valence-corrected chi connectivity index (χ3v) is 5.46. The van der Waals surface area contributed by atoms with Crippen molar-refractivity contribution in [2.24, 2.45) is 17.8 Å². The van der Waals surface area contributed by atoms with Crippen molar-refractivity contribution in [1.29, 1.82) is 0 Å². The molecule has 1 saturated heterocycles. The van der Waals surface area contributed by atoms with Crippen LogP contribution in [0, 0.1) is 17.8 Å². The fourth-order valence-corrected chi connectivity index (χ4v) is 3.92. The maximum atomic E-state index is 12.3. The number of fused-ring (bicyclic) bond motifs is 3. The normalized spacial score (nSPS) is 27.0. The number of nitrogens with zero attached hydrogens (tertiary/aromatic N) is 1. The van der Waals surface area contributed by atoms with Crippen LogP contribution in [-0.4, -0.2) is 30.7 Å². The molecule has 120 valence electrons. The van der Waals surface area contributed by atoms with Gasteiger partial charge in [-0.1, -0.05) is 44.5 Å².